The maximum atomic E-state index is 12.9. The zero-order chi connectivity index (χ0) is 22.9. The summed E-state index contributed by atoms with van der Waals surface area (Å²) in [4.78, 5) is 35.0. The Balaban J connectivity index is 1.63. The van der Waals surface area contributed by atoms with Gasteiger partial charge in [-0.1, -0.05) is 30.3 Å². The van der Waals surface area contributed by atoms with Crippen LogP contribution in [0.2, 0.25) is 0 Å². The first-order chi connectivity index (χ1) is 15.2. The molecule has 9 heteroatoms. The van der Waals surface area contributed by atoms with E-state index in [0.717, 1.165) is 0 Å². The second kappa shape index (κ2) is 8.68. The van der Waals surface area contributed by atoms with Crippen LogP contribution >= 0.6 is 0 Å². The van der Waals surface area contributed by atoms with E-state index in [1.807, 2.05) is 18.2 Å². The number of esters is 2. The number of nitro benzene ring substituents is 1. The molecule has 0 aliphatic carbocycles. The van der Waals surface area contributed by atoms with Crippen molar-refractivity contribution >= 4 is 17.6 Å². The third-order valence-corrected chi connectivity index (χ3v) is 5.42. The molecule has 2 fully saturated rings. The number of benzene rings is 2. The Hall–Kier alpha value is -3.30. The van der Waals surface area contributed by atoms with E-state index in [9.17, 15) is 19.7 Å². The van der Waals surface area contributed by atoms with Gasteiger partial charge in [-0.2, -0.15) is 0 Å². The molecule has 0 unspecified atom stereocenters. The van der Waals surface area contributed by atoms with Gasteiger partial charge in [-0.25, -0.2) is 4.79 Å². The highest BCUT2D eigenvalue weighted by Crippen LogP contribution is 2.41. The monoisotopic (exact) mass is 441 g/mol. The molecule has 2 aromatic rings. The second-order valence-corrected chi connectivity index (χ2v) is 8.17. The molecule has 4 rings (SSSR count). The van der Waals surface area contributed by atoms with Crippen LogP contribution in [-0.4, -0.2) is 41.0 Å². The van der Waals surface area contributed by atoms with Crippen molar-refractivity contribution in [3.8, 4) is 0 Å². The van der Waals surface area contributed by atoms with Crippen molar-refractivity contribution in [3.63, 3.8) is 0 Å². The van der Waals surface area contributed by atoms with E-state index in [1.165, 1.54) is 24.3 Å². The van der Waals surface area contributed by atoms with Gasteiger partial charge in [-0.3, -0.25) is 14.9 Å². The molecule has 2 saturated heterocycles. The van der Waals surface area contributed by atoms with Gasteiger partial charge in [-0.05, 0) is 38.0 Å². The van der Waals surface area contributed by atoms with Crippen molar-refractivity contribution in [1.82, 2.24) is 0 Å². The summed E-state index contributed by atoms with van der Waals surface area (Å²) < 4.78 is 23.5. The van der Waals surface area contributed by atoms with E-state index in [4.69, 9.17) is 18.9 Å². The molecule has 0 bridgehead atoms. The summed E-state index contributed by atoms with van der Waals surface area (Å²) in [6.07, 6.45) is -1.96. The van der Waals surface area contributed by atoms with Crippen molar-refractivity contribution in [1.29, 1.82) is 0 Å². The molecule has 0 spiro atoms. The van der Waals surface area contributed by atoms with Crippen LogP contribution in [0.5, 0.6) is 0 Å². The molecule has 2 aliphatic heterocycles. The van der Waals surface area contributed by atoms with Gasteiger partial charge in [0.05, 0.1) is 10.5 Å². The number of carbonyl (C=O) groups is 2. The van der Waals surface area contributed by atoms with Gasteiger partial charge in [-0.15, -0.1) is 0 Å². The minimum atomic E-state index is -0.975. The first-order valence-corrected chi connectivity index (χ1v) is 10.3. The molecule has 168 valence electrons. The summed E-state index contributed by atoms with van der Waals surface area (Å²) >= 11 is 0. The van der Waals surface area contributed by atoms with Gasteiger partial charge < -0.3 is 18.9 Å². The Morgan fingerprint density at radius 1 is 1.12 bits per heavy atom. The molecule has 9 nitrogen and oxygen atoms in total. The van der Waals surface area contributed by atoms with Gasteiger partial charge >= 0.3 is 11.9 Å². The number of cyclic esters (lactones) is 1. The highest BCUT2D eigenvalue weighted by molar-refractivity contribution is 5.89. The van der Waals surface area contributed by atoms with Gasteiger partial charge in [0.1, 0.15) is 18.3 Å². The molecule has 2 aromatic carbocycles. The van der Waals surface area contributed by atoms with E-state index in [0.29, 0.717) is 12.0 Å². The van der Waals surface area contributed by atoms with Crippen molar-refractivity contribution < 1.29 is 33.5 Å². The van der Waals surface area contributed by atoms with Gasteiger partial charge in [0, 0.05) is 18.6 Å². The Morgan fingerprint density at radius 3 is 2.41 bits per heavy atom. The first kappa shape index (κ1) is 21.9. The van der Waals surface area contributed by atoms with Crippen LogP contribution in [0.1, 0.15) is 48.7 Å². The van der Waals surface area contributed by atoms with E-state index in [2.05, 4.69) is 0 Å². The van der Waals surface area contributed by atoms with Crippen molar-refractivity contribution in [2.24, 2.45) is 0 Å². The maximum Gasteiger partial charge on any atom is 0.338 e. The Morgan fingerprint density at radius 2 is 1.81 bits per heavy atom. The van der Waals surface area contributed by atoms with Crippen molar-refractivity contribution in [2.75, 3.05) is 0 Å². The van der Waals surface area contributed by atoms with Gasteiger partial charge in [0.25, 0.3) is 5.69 Å². The number of ether oxygens (including phenoxy) is 4. The predicted molar refractivity (Wildman–Crippen MR) is 111 cm³/mol. The molecule has 2 aliphatic rings. The molecule has 2 heterocycles. The number of carbonyl (C=O) groups excluding carboxylic acids is 2. The topological polar surface area (TPSA) is 114 Å². The number of hydrogen-bond acceptors (Lipinski definition) is 8. The van der Waals surface area contributed by atoms with E-state index in [-0.39, 0.29) is 23.6 Å². The Bertz CT molecular complexity index is 1000. The number of hydrogen-bond donors (Lipinski definition) is 0. The van der Waals surface area contributed by atoms with Crippen LogP contribution in [-0.2, 0) is 23.7 Å². The lowest BCUT2D eigenvalue weighted by atomic mass is 9.96. The minimum absolute atomic E-state index is 0.126. The fraction of sp³-hybridized carbons (Fsp3) is 0.391. The average molecular weight is 441 g/mol. The summed E-state index contributed by atoms with van der Waals surface area (Å²) in [5.41, 5.74) is 0.723. The molecule has 0 radical (unpaired) electrons. The predicted octanol–water partition coefficient (Wildman–Crippen LogP) is 3.72. The van der Waals surface area contributed by atoms with Crippen LogP contribution in [0.3, 0.4) is 0 Å². The molecule has 0 amide bonds. The van der Waals surface area contributed by atoms with Crippen molar-refractivity contribution in [2.45, 2.75) is 56.9 Å². The van der Waals surface area contributed by atoms with Crippen LogP contribution in [0.4, 0.5) is 5.69 Å². The lowest BCUT2D eigenvalue weighted by Crippen LogP contribution is -2.40. The van der Waals surface area contributed by atoms with Crippen molar-refractivity contribution in [3.05, 3.63) is 75.8 Å². The largest absolute Gasteiger partial charge is 0.459 e. The Labute approximate surface area is 184 Å². The number of non-ortho nitro benzene ring substituents is 1. The molecule has 0 saturated carbocycles. The summed E-state index contributed by atoms with van der Waals surface area (Å²) in [5.74, 6) is -1.94. The Kier molecular flexibility index (Phi) is 5.94. The fourth-order valence-corrected chi connectivity index (χ4v) is 3.99. The normalized spacial score (nSPS) is 25.2. The number of nitro groups is 1. The number of rotatable bonds is 6. The highest BCUT2D eigenvalue weighted by atomic mass is 16.8. The lowest BCUT2D eigenvalue weighted by Gasteiger charge is -2.29. The van der Waals surface area contributed by atoms with Crippen LogP contribution < -0.4 is 0 Å². The lowest BCUT2D eigenvalue weighted by molar-refractivity contribution is -0.384. The number of nitrogens with zero attached hydrogens (tertiary/aromatic N) is 1. The zero-order valence-electron chi connectivity index (χ0n) is 17.6. The van der Waals surface area contributed by atoms with Crippen LogP contribution in [0.15, 0.2) is 54.6 Å². The van der Waals surface area contributed by atoms with E-state index in [1.54, 1.807) is 26.0 Å². The first-order valence-electron chi connectivity index (χ1n) is 10.3. The highest BCUT2D eigenvalue weighted by Gasteiger charge is 2.52. The quantitative estimate of drug-likeness (QED) is 0.379. The third-order valence-electron chi connectivity index (χ3n) is 5.42. The molecule has 4 atom stereocenters. The molecular weight excluding hydrogens is 418 g/mol. The fourth-order valence-electron chi connectivity index (χ4n) is 3.99. The second-order valence-electron chi connectivity index (χ2n) is 8.17. The molecule has 0 N–H and O–H groups in total. The minimum Gasteiger partial charge on any atom is -0.459 e. The average Bonchev–Trinajstić information content (AvgIpc) is 3.34. The molecule has 32 heavy (non-hydrogen) atoms. The van der Waals surface area contributed by atoms with Gasteiger partial charge in [0.2, 0.25) is 0 Å². The third kappa shape index (κ3) is 4.63. The molecular formula is C23H23NO8. The maximum absolute atomic E-state index is 12.9. The summed E-state index contributed by atoms with van der Waals surface area (Å²) in [6, 6.07) is 14.2. The van der Waals surface area contributed by atoms with E-state index < -0.39 is 41.1 Å². The standard InChI is InChI=1S/C23H23NO8/c1-23(2)31-20(17-12-13-18(25)29-17)21(32-23)19(14-6-4-3-5-7-14)30-22(26)15-8-10-16(11-9-15)24(27)28/h3-11,17,19-21H,12-13H2,1-2H3/t17-,19-,20+,21+/m0/s1. The smallest absolute Gasteiger partial charge is 0.338 e. The zero-order valence-corrected chi connectivity index (χ0v) is 17.6. The van der Waals surface area contributed by atoms with Crippen LogP contribution in [0.25, 0.3) is 0 Å². The van der Waals surface area contributed by atoms with E-state index >= 15 is 0 Å². The molecule has 0 aromatic heterocycles. The summed E-state index contributed by atoms with van der Waals surface area (Å²) in [6.45, 7) is 3.49. The SMILES string of the molecule is CC1(C)O[C@H]([C@@H]2CCC(=O)O2)[C@@H]([C@@H](OC(=O)c2ccc([N+](=O)[O-])cc2)c2ccccc2)O1. The van der Waals surface area contributed by atoms with Crippen LogP contribution in [0, 0.1) is 10.1 Å². The summed E-state index contributed by atoms with van der Waals surface area (Å²) in [5, 5.41) is 10.9. The van der Waals surface area contributed by atoms with Gasteiger partial charge in [0.15, 0.2) is 11.9 Å². The summed E-state index contributed by atoms with van der Waals surface area (Å²) in [7, 11) is 0.